The standard InChI is InChI=1S/C19H22N2O2.ClH/c1-14-4-2-6-16(10-14)17-7-3-5-15(11-17)12-21-19(22)18-13-20-8-9-23-18;/h2-7,10-11,18,20H,8-9,12-13H2,1H3,(H,21,22);1H. The maximum atomic E-state index is 12.1. The van der Waals surface area contributed by atoms with E-state index in [-0.39, 0.29) is 24.4 Å². The van der Waals surface area contributed by atoms with E-state index in [4.69, 9.17) is 4.74 Å². The number of carbonyl (C=O) groups is 1. The van der Waals surface area contributed by atoms with Crippen LogP contribution in [0.4, 0.5) is 0 Å². The van der Waals surface area contributed by atoms with Gasteiger partial charge in [0.1, 0.15) is 6.10 Å². The van der Waals surface area contributed by atoms with E-state index in [0.717, 1.165) is 17.7 Å². The lowest BCUT2D eigenvalue weighted by atomic mass is 10.0. The molecule has 24 heavy (non-hydrogen) atoms. The number of ether oxygens (including phenoxy) is 1. The van der Waals surface area contributed by atoms with Gasteiger partial charge in [-0.1, -0.05) is 48.0 Å². The van der Waals surface area contributed by atoms with E-state index in [1.165, 1.54) is 11.1 Å². The number of halogens is 1. The molecule has 3 rings (SSSR count). The van der Waals surface area contributed by atoms with Crippen LogP contribution < -0.4 is 10.6 Å². The SMILES string of the molecule is Cc1cccc(-c2cccc(CNC(=O)C3CNCCO3)c2)c1.Cl. The third-order valence-electron chi connectivity index (χ3n) is 3.97. The van der Waals surface area contributed by atoms with Crippen LogP contribution >= 0.6 is 12.4 Å². The van der Waals surface area contributed by atoms with Crippen LogP contribution in [0.25, 0.3) is 11.1 Å². The molecule has 5 heteroatoms. The van der Waals surface area contributed by atoms with Gasteiger partial charge in [-0.15, -0.1) is 12.4 Å². The zero-order valence-corrected chi connectivity index (χ0v) is 14.6. The predicted octanol–water partition coefficient (Wildman–Crippen LogP) is 2.69. The zero-order valence-electron chi connectivity index (χ0n) is 13.7. The molecule has 2 aromatic carbocycles. The molecule has 4 nitrogen and oxygen atoms in total. The van der Waals surface area contributed by atoms with Gasteiger partial charge >= 0.3 is 0 Å². The Kier molecular flexibility index (Phi) is 6.79. The largest absolute Gasteiger partial charge is 0.366 e. The fourth-order valence-electron chi connectivity index (χ4n) is 2.72. The molecule has 1 fully saturated rings. The van der Waals surface area contributed by atoms with E-state index in [0.29, 0.717) is 19.7 Å². The first kappa shape index (κ1) is 18.5. The number of aryl methyl sites for hydroxylation is 1. The Labute approximate surface area is 149 Å². The molecule has 1 atom stereocenters. The number of nitrogens with one attached hydrogen (secondary N) is 2. The van der Waals surface area contributed by atoms with E-state index < -0.39 is 0 Å². The molecule has 0 saturated carbocycles. The summed E-state index contributed by atoms with van der Waals surface area (Å²) in [5.41, 5.74) is 4.68. The van der Waals surface area contributed by atoms with Crippen molar-refractivity contribution in [2.24, 2.45) is 0 Å². The smallest absolute Gasteiger partial charge is 0.250 e. The molecule has 0 bridgehead atoms. The number of rotatable bonds is 4. The van der Waals surface area contributed by atoms with Crippen LogP contribution in [0.1, 0.15) is 11.1 Å². The fourth-order valence-corrected chi connectivity index (χ4v) is 2.72. The van der Waals surface area contributed by atoms with Crippen molar-refractivity contribution in [1.29, 1.82) is 0 Å². The normalized spacial score (nSPS) is 17.0. The van der Waals surface area contributed by atoms with Crippen LogP contribution in [0.5, 0.6) is 0 Å². The maximum Gasteiger partial charge on any atom is 0.250 e. The van der Waals surface area contributed by atoms with Gasteiger partial charge < -0.3 is 15.4 Å². The van der Waals surface area contributed by atoms with Gasteiger partial charge in [-0.05, 0) is 29.7 Å². The van der Waals surface area contributed by atoms with Gasteiger partial charge in [0.15, 0.2) is 0 Å². The minimum Gasteiger partial charge on any atom is -0.366 e. The minimum absolute atomic E-state index is 0. The highest BCUT2D eigenvalue weighted by molar-refractivity contribution is 5.85. The quantitative estimate of drug-likeness (QED) is 0.895. The van der Waals surface area contributed by atoms with Crippen molar-refractivity contribution in [2.75, 3.05) is 19.7 Å². The third kappa shape index (κ3) is 4.81. The van der Waals surface area contributed by atoms with Crippen LogP contribution in [0.3, 0.4) is 0 Å². The molecule has 128 valence electrons. The number of hydrogen-bond acceptors (Lipinski definition) is 3. The molecule has 1 heterocycles. The maximum absolute atomic E-state index is 12.1. The van der Waals surface area contributed by atoms with E-state index >= 15 is 0 Å². The summed E-state index contributed by atoms with van der Waals surface area (Å²) in [5, 5.41) is 6.12. The molecule has 1 aliphatic rings. The molecular formula is C19H23ClN2O2. The summed E-state index contributed by atoms with van der Waals surface area (Å²) in [6, 6.07) is 16.7. The van der Waals surface area contributed by atoms with Crippen LogP contribution in [-0.2, 0) is 16.1 Å². The van der Waals surface area contributed by atoms with Gasteiger partial charge in [0, 0.05) is 19.6 Å². The number of carbonyl (C=O) groups excluding carboxylic acids is 1. The molecule has 1 aliphatic heterocycles. The third-order valence-corrected chi connectivity index (χ3v) is 3.97. The molecule has 0 aromatic heterocycles. The lowest BCUT2D eigenvalue weighted by Gasteiger charge is -2.22. The van der Waals surface area contributed by atoms with Gasteiger partial charge in [0.2, 0.25) is 0 Å². The van der Waals surface area contributed by atoms with Gasteiger partial charge in [-0.25, -0.2) is 0 Å². The van der Waals surface area contributed by atoms with E-state index in [1.54, 1.807) is 0 Å². The van der Waals surface area contributed by atoms with E-state index in [1.807, 2.05) is 12.1 Å². The van der Waals surface area contributed by atoms with Crippen LogP contribution in [-0.4, -0.2) is 31.7 Å². The Hall–Kier alpha value is -1.88. The molecule has 1 unspecified atom stereocenters. The van der Waals surface area contributed by atoms with Crippen molar-refractivity contribution >= 4 is 18.3 Å². The molecule has 0 aliphatic carbocycles. The van der Waals surface area contributed by atoms with Crippen molar-refractivity contribution < 1.29 is 9.53 Å². The summed E-state index contributed by atoms with van der Waals surface area (Å²) in [6.07, 6.45) is -0.385. The topological polar surface area (TPSA) is 50.4 Å². The van der Waals surface area contributed by atoms with Gasteiger partial charge in [0.25, 0.3) is 5.91 Å². The predicted molar refractivity (Wildman–Crippen MR) is 98.3 cm³/mol. The molecule has 2 N–H and O–H groups in total. The van der Waals surface area contributed by atoms with Crippen molar-refractivity contribution in [3.63, 3.8) is 0 Å². The summed E-state index contributed by atoms with van der Waals surface area (Å²) >= 11 is 0. The van der Waals surface area contributed by atoms with Gasteiger partial charge in [-0.3, -0.25) is 4.79 Å². The van der Waals surface area contributed by atoms with Crippen molar-refractivity contribution in [3.05, 3.63) is 59.7 Å². The first-order valence-electron chi connectivity index (χ1n) is 7.98. The number of amides is 1. The Morgan fingerprint density at radius 3 is 2.67 bits per heavy atom. The second-order valence-corrected chi connectivity index (χ2v) is 5.85. The first-order valence-corrected chi connectivity index (χ1v) is 7.98. The highest BCUT2D eigenvalue weighted by Crippen LogP contribution is 2.21. The second-order valence-electron chi connectivity index (χ2n) is 5.85. The summed E-state index contributed by atoms with van der Waals surface area (Å²) in [5.74, 6) is -0.0573. The van der Waals surface area contributed by atoms with Crippen LogP contribution in [0, 0.1) is 6.92 Å². The Bertz CT molecular complexity index is 685. The van der Waals surface area contributed by atoms with Crippen molar-refractivity contribution in [2.45, 2.75) is 19.6 Å². The molecule has 1 saturated heterocycles. The number of benzene rings is 2. The van der Waals surface area contributed by atoms with Crippen LogP contribution in [0.2, 0.25) is 0 Å². The van der Waals surface area contributed by atoms with Gasteiger partial charge in [0.05, 0.1) is 6.61 Å². The highest BCUT2D eigenvalue weighted by Gasteiger charge is 2.21. The Morgan fingerprint density at radius 2 is 1.96 bits per heavy atom. The average Bonchev–Trinajstić information content (AvgIpc) is 2.61. The fraction of sp³-hybridized carbons (Fsp3) is 0.316. The molecular weight excluding hydrogens is 324 g/mol. The minimum atomic E-state index is -0.385. The van der Waals surface area contributed by atoms with Crippen molar-refractivity contribution in [3.8, 4) is 11.1 Å². The summed E-state index contributed by atoms with van der Waals surface area (Å²) in [7, 11) is 0. The van der Waals surface area contributed by atoms with E-state index in [9.17, 15) is 4.79 Å². The Balaban J connectivity index is 0.00000208. The van der Waals surface area contributed by atoms with Crippen LogP contribution in [0.15, 0.2) is 48.5 Å². The second kappa shape index (κ2) is 8.83. The molecule has 0 spiro atoms. The first-order chi connectivity index (χ1) is 11.2. The Morgan fingerprint density at radius 1 is 1.21 bits per heavy atom. The molecule has 2 aromatic rings. The number of hydrogen-bond donors (Lipinski definition) is 2. The summed E-state index contributed by atoms with van der Waals surface area (Å²) in [6.45, 7) is 4.57. The average molecular weight is 347 g/mol. The number of morpholine rings is 1. The van der Waals surface area contributed by atoms with Crippen molar-refractivity contribution in [1.82, 2.24) is 10.6 Å². The highest BCUT2D eigenvalue weighted by atomic mass is 35.5. The monoisotopic (exact) mass is 346 g/mol. The van der Waals surface area contributed by atoms with E-state index in [2.05, 4.69) is 54.0 Å². The van der Waals surface area contributed by atoms with Gasteiger partial charge in [-0.2, -0.15) is 0 Å². The lowest BCUT2D eigenvalue weighted by molar-refractivity contribution is -0.134. The molecule has 1 amide bonds. The summed E-state index contributed by atoms with van der Waals surface area (Å²) < 4.78 is 5.46. The molecule has 0 radical (unpaired) electrons. The summed E-state index contributed by atoms with van der Waals surface area (Å²) in [4.78, 5) is 12.1. The zero-order chi connectivity index (χ0) is 16.1. The lowest BCUT2D eigenvalue weighted by Crippen LogP contribution is -2.47.